The molecule has 2 nitrogen and oxygen atoms in total. The predicted octanol–water partition coefficient (Wildman–Crippen LogP) is 4.31. The van der Waals surface area contributed by atoms with Crippen LogP contribution in [0.25, 0.3) is 0 Å². The zero-order chi connectivity index (χ0) is 15.5. The van der Waals surface area contributed by atoms with Gasteiger partial charge in [-0.2, -0.15) is 0 Å². The standard InChI is InChI=1S/C16H19FN2.C2H6/c1-19(13-15-8-10-18-11-9-15)12-2-3-14-4-6-16(17)7-5-14;1-2/h4-11H,2-3,12-13H2,1H3;1-2H3. The van der Waals surface area contributed by atoms with Crippen LogP contribution in [0.4, 0.5) is 4.39 Å². The van der Waals surface area contributed by atoms with E-state index in [1.165, 1.54) is 23.3 Å². The highest BCUT2D eigenvalue weighted by Gasteiger charge is 2.01. The number of aryl methyl sites for hydroxylation is 1. The van der Waals surface area contributed by atoms with Crippen LogP contribution in [-0.2, 0) is 13.0 Å². The lowest BCUT2D eigenvalue weighted by Gasteiger charge is -2.16. The Labute approximate surface area is 127 Å². The lowest BCUT2D eigenvalue weighted by molar-refractivity contribution is 0.322. The highest BCUT2D eigenvalue weighted by molar-refractivity contribution is 5.16. The minimum Gasteiger partial charge on any atom is -0.302 e. The second-order valence-corrected chi connectivity index (χ2v) is 4.82. The number of nitrogens with zero attached hydrogens (tertiary/aromatic N) is 2. The van der Waals surface area contributed by atoms with E-state index in [9.17, 15) is 4.39 Å². The molecule has 2 aromatic rings. The fourth-order valence-corrected chi connectivity index (χ4v) is 2.08. The highest BCUT2D eigenvalue weighted by Crippen LogP contribution is 2.07. The molecule has 0 fully saturated rings. The number of rotatable bonds is 6. The second-order valence-electron chi connectivity index (χ2n) is 4.82. The fourth-order valence-electron chi connectivity index (χ4n) is 2.08. The molecule has 0 N–H and O–H groups in total. The highest BCUT2D eigenvalue weighted by atomic mass is 19.1. The van der Waals surface area contributed by atoms with Crippen molar-refractivity contribution >= 4 is 0 Å². The molecule has 2 rings (SSSR count). The number of hydrogen-bond acceptors (Lipinski definition) is 2. The van der Waals surface area contributed by atoms with Crippen molar-refractivity contribution in [1.29, 1.82) is 0 Å². The third-order valence-electron chi connectivity index (χ3n) is 3.12. The SMILES string of the molecule is CC.CN(CCCc1ccc(F)cc1)Cc1ccncc1. The summed E-state index contributed by atoms with van der Waals surface area (Å²) in [5, 5.41) is 0. The maximum Gasteiger partial charge on any atom is 0.123 e. The molecule has 0 amide bonds. The molecule has 114 valence electrons. The van der Waals surface area contributed by atoms with E-state index < -0.39 is 0 Å². The van der Waals surface area contributed by atoms with Gasteiger partial charge >= 0.3 is 0 Å². The van der Waals surface area contributed by atoms with Crippen molar-refractivity contribution in [2.45, 2.75) is 33.2 Å². The van der Waals surface area contributed by atoms with E-state index in [0.29, 0.717) is 0 Å². The van der Waals surface area contributed by atoms with Gasteiger partial charge in [-0.25, -0.2) is 4.39 Å². The molecule has 3 heteroatoms. The van der Waals surface area contributed by atoms with Crippen LogP contribution in [0.2, 0.25) is 0 Å². The largest absolute Gasteiger partial charge is 0.302 e. The summed E-state index contributed by atoms with van der Waals surface area (Å²) in [4.78, 5) is 6.30. The normalized spacial score (nSPS) is 10.1. The summed E-state index contributed by atoms with van der Waals surface area (Å²) in [6.45, 7) is 5.96. The van der Waals surface area contributed by atoms with Gasteiger partial charge in [0.25, 0.3) is 0 Å². The van der Waals surface area contributed by atoms with Gasteiger partial charge in [0.05, 0.1) is 0 Å². The predicted molar refractivity (Wildman–Crippen MR) is 86.6 cm³/mol. The zero-order valence-corrected chi connectivity index (χ0v) is 13.2. The van der Waals surface area contributed by atoms with Crippen molar-refractivity contribution in [3.8, 4) is 0 Å². The Hall–Kier alpha value is -1.74. The molecule has 0 bridgehead atoms. The molecule has 0 spiro atoms. The Balaban J connectivity index is 0.00000106. The van der Waals surface area contributed by atoms with Crippen molar-refractivity contribution in [1.82, 2.24) is 9.88 Å². The van der Waals surface area contributed by atoms with E-state index in [-0.39, 0.29) is 5.82 Å². The molecule has 0 radical (unpaired) electrons. The molecule has 0 aliphatic carbocycles. The quantitative estimate of drug-likeness (QED) is 0.787. The maximum absolute atomic E-state index is 12.8. The first-order chi connectivity index (χ1) is 10.2. The van der Waals surface area contributed by atoms with E-state index >= 15 is 0 Å². The lowest BCUT2D eigenvalue weighted by Crippen LogP contribution is -2.19. The third-order valence-corrected chi connectivity index (χ3v) is 3.12. The molecule has 1 aromatic carbocycles. The van der Waals surface area contributed by atoms with Crippen LogP contribution in [-0.4, -0.2) is 23.5 Å². The Morgan fingerprint density at radius 1 is 0.952 bits per heavy atom. The van der Waals surface area contributed by atoms with Gasteiger partial charge in [-0.3, -0.25) is 4.98 Å². The summed E-state index contributed by atoms with van der Waals surface area (Å²) in [6, 6.07) is 10.8. The van der Waals surface area contributed by atoms with Crippen LogP contribution < -0.4 is 0 Å². The van der Waals surface area contributed by atoms with Crippen LogP contribution >= 0.6 is 0 Å². The van der Waals surface area contributed by atoms with Gasteiger partial charge in [0.1, 0.15) is 5.82 Å². The van der Waals surface area contributed by atoms with Gasteiger partial charge in [0.2, 0.25) is 0 Å². The summed E-state index contributed by atoms with van der Waals surface area (Å²) in [5.74, 6) is -0.168. The summed E-state index contributed by atoms with van der Waals surface area (Å²) in [6.07, 6.45) is 5.71. The van der Waals surface area contributed by atoms with Crippen molar-refractivity contribution < 1.29 is 4.39 Å². The van der Waals surface area contributed by atoms with Crippen LogP contribution in [0.5, 0.6) is 0 Å². The monoisotopic (exact) mass is 288 g/mol. The number of pyridine rings is 1. The average molecular weight is 288 g/mol. The zero-order valence-electron chi connectivity index (χ0n) is 13.2. The number of halogens is 1. The fraction of sp³-hybridized carbons (Fsp3) is 0.389. The van der Waals surface area contributed by atoms with Gasteiger partial charge in [-0.1, -0.05) is 26.0 Å². The topological polar surface area (TPSA) is 16.1 Å². The molecular weight excluding hydrogens is 263 g/mol. The molecule has 0 atom stereocenters. The van der Waals surface area contributed by atoms with Gasteiger partial charge in [-0.15, -0.1) is 0 Å². The van der Waals surface area contributed by atoms with E-state index in [4.69, 9.17) is 0 Å². The van der Waals surface area contributed by atoms with Crippen molar-refractivity contribution in [3.63, 3.8) is 0 Å². The summed E-state index contributed by atoms with van der Waals surface area (Å²) >= 11 is 0. The van der Waals surface area contributed by atoms with Crippen molar-refractivity contribution in [2.24, 2.45) is 0 Å². The number of aromatic nitrogens is 1. The van der Waals surface area contributed by atoms with Gasteiger partial charge < -0.3 is 4.90 Å². The maximum atomic E-state index is 12.8. The van der Waals surface area contributed by atoms with Crippen LogP contribution in [0.3, 0.4) is 0 Å². The molecule has 0 unspecified atom stereocenters. The van der Waals surface area contributed by atoms with E-state index in [0.717, 1.165) is 25.9 Å². The van der Waals surface area contributed by atoms with Crippen molar-refractivity contribution in [3.05, 3.63) is 65.7 Å². The molecule has 0 saturated heterocycles. The van der Waals surface area contributed by atoms with E-state index in [1.807, 2.05) is 50.5 Å². The number of hydrogen-bond donors (Lipinski definition) is 0. The van der Waals surface area contributed by atoms with Crippen LogP contribution in [0, 0.1) is 5.82 Å². The molecule has 0 aliphatic rings. The molecular formula is C18H25FN2. The first-order valence-corrected chi connectivity index (χ1v) is 7.56. The van der Waals surface area contributed by atoms with Crippen molar-refractivity contribution in [2.75, 3.05) is 13.6 Å². The van der Waals surface area contributed by atoms with E-state index in [2.05, 4.69) is 16.9 Å². The Kier molecular flexibility index (Phi) is 8.29. The smallest absolute Gasteiger partial charge is 0.123 e. The Morgan fingerprint density at radius 3 is 2.19 bits per heavy atom. The summed E-state index contributed by atoms with van der Waals surface area (Å²) < 4.78 is 12.8. The van der Waals surface area contributed by atoms with Crippen LogP contribution in [0.15, 0.2) is 48.8 Å². The second kappa shape index (κ2) is 10.1. The first-order valence-electron chi connectivity index (χ1n) is 7.56. The molecule has 21 heavy (non-hydrogen) atoms. The first kappa shape index (κ1) is 17.3. The molecule has 1 aromatic heterocycles. The Bertz CT molecular complexity index is 482. The summed E-state index contributed by atoms with van der Waals surface area (Å²) in [5.41, 5.74) is 2.47. The molecule has 0 saturated carbocycles. The molecule has 1 heterocycles. The minimum absolute atomic E-state index is 0.168. The third kappa shape index (κ3) is 7.00. The van der Waals surface area contributed by atoms with Gasteiger partial charge in [0, 0.05) is 18.9 Å². The van der Waals surface area contributed by atoms with Crippen LogP contribution in [0.1, 0.15) is 31.4 Å². The summed E-state index contributed by atoms with van der Waals surface area (Å²) in [7, 11) is 2.12. The van der Waals surface area contributed by atoms with Gasteiger partial charge in [0.15, 0.2) is 0 Å². The minimum atomic E-state index is -0.168. The molecule has 0 aliphatic heterocycles. The lowest BCUT2D eigenvalue weighted by atomic mass is 10.1. The average Bonchev–Trinajstić information content (AvgIpc) is 2.52. The Morgan fingerprint density at radius 2 is 1.57 bits per heavy atom. The van der Waals surface area contributed by atoms with Gasteiger partial charge in [-0.05, 0) is 61.8 Å². The van der Waals surface area contributed by atoms with E-state index in [1.54, 1.807) is 0 Å². The number of benzene rings is 1.